The summed E-state index contributed by atoms with van der Waals surface area (Å²) in [5.74, 6) is 0. The fourth-order valence-electron chi connectivity index (χ4n) is 1.23. The van der Waals surface area contributed by atoms with Crippen LogP contribution >= 0.6 is 11.6 Å². The van der Waals surface area contributed by atoms with Gasteiger partial charge in [0.25, 0.3) is 0 Å². The van der Waals surface area contributed by atoms with Crippen LogP contribution in [0.3, 0.4) is 0 Å². The van der Waals surface area contributed by atoms with E-state index < -0.39 is 16.1 Å². The molecule has 0 aliphatic heterocycles. The predicted octanol–water partition coefficient (Wildman–Crippen LogP) is 0.924. The van der Waals surface area contributed by atoms with E-state index in [1.165, 1.54) is 25.2 Å². The fraction of sp³-hybridized carbons (Fsp3) is 0.400. The molecular formula is C10H15ClN2O3S. The molecule has 0 fully saturated rings. The van der Waals surface area contributed by atoms with E-state index in [0.29, 0.717) is 5.69 Å². The molecule has 1 atom stereocenters. The van der Waals surface area contributed by atoms with E-state index in [1.807, 2.05) is 0 Å². The molecule has 0 spiro atoms. The zero-order valence-electron chi connectivity index (χ0n) is 9.59. The van der Waals surface area contributed by atoms with Crippen LogP contribution in [-0.4, -0.2) is 37.5 Å². The largest absolute Gasteiger partial charge is 0.399 e. The third kappa shape index (κ3) is 2.90. The average molecular weight is 279 g/mol. The van der Waals surface area contributed by atoms with Gasteiger partial charge in [0.05, 0.1) is 11.6 Å². The van der Waals surface area contributed by atoms with E-state index >= 15 is 0 Å². The lowest BCUT2D eigenvalue weighted by molar-refractivity contribution is 0.214. The van der Waals surface area contributed by atoms with Crippen molar-refractivity contribution in [3.8, 4) is 0 Å². The highest BCUT2D eigenvalue weighted by Crippen LogP contribution is 2.26. The minimum absolute atomic E-state index is 0.0174. The first-order valence-electron chi connectivity index (χ1n) is 4.94. The van der Waals surface area contributed by atoms with Crippen LogP contribution in [0.25, 0.3) is 0 Å². The first kappa shape index (κ1) is 14.2. The molecule has 0 saturated carbocycles. The summed E-state index contributed by atoms with van der Waals surface area (Å²) in [6, 6.07) is 3.68. The van der Waals surface area contributed by atoms with Crippen LogP contribution in [0.5, 0.6) is 0 Å². The Morgan fingerprint density at radius 3 is 2.59 bits per heavy atom. The number of likely N-dealkylation sites (N-methyl/N-ethyl adjacent to an activating group) is 1. The van der Waals surface area contributed by atoms with Gasteiger partial charge in [-0.2, -0.15) is 4.31 Å². The van der Waals surface area contributed by atoms with Crippen LogP contribution < -0.4 is 5.73 Å². The standard InChI is InChI=1S/C10H15ClN2O3S/c1-7(6-14)13(2)17(15,16)10-4-3-8(12)5-9(10)11/h3-5,7,14H,6,12H2,1-2H3. The number of halogens is 1. The number of nitrogens with two attached hydrogens (primary N) is 1. The van der Waals surface area contributed by atoms with Gasteiger partial charge >= 0.3 is 0 Å². The smallest absolute Gasteiger partial charge is 0.244 e. The fourth-order valence-corrected chi connectivity index (χ4v) is 3.11. The highest BCUT2D eigenvalue weighted by Gasteiger charge is 2.26. The van der Waals surface area contributed by atoms with Gasteiger partial charge in [-0.3, -0.25) is 0 Å². The van der Waals surface area contributed by atoms with Gasteiger partial charge in [-0.15, -0.1) is 0 Å². The van der Waals surface area contributed by atoms with Crippen LogP contribution in [0, 0.1) is 0 Å². The maximum Gasteiger partial charge on any atom is 0.244 e. The van der Waals surface area contributed by atoms with Crippen molar-refractivity contribution in [1.82, 2.24) is 4.31 Å². The maximum absolute atomic E-state index is 12.2. The Kier molecular flexibility index (Phi) is 4.37. The van der Waals surface area contributed by atoms with Crippen LogP contribution in [0.15, 0.2) is 23.1 Å². The lowest BCUT2D eigenvalue weighted by atomic mass is 10.3. The number of aliphatic hydroxyl groups is 1. The van der Waals surface area contributed by atoms with Gasteiger partial charge in [-0.05, 0) is 25.1 Å². The van der Waals surface area contributed by atoms with Crippen LogP contribution in [-0.2, 0) is 10.0 Å². The Hall–Kier alpha value is -0.820. The normalized spacial score (nSPS) is 13.9. The van der Waals surface area contributed by atoms with Gasteiger partial charge in [-0.1, -0.05) is 11.6 Å². The summed E-state index contributed by atoms with van der Waals surface area (Å²) in [4.78, 5) is -0.0174. The number of sulfonamides is 1. The molecule has 0 heterocycles. The number of rotatable bonds is 4. The molecule has 0 radical (unpaired) electrons. The molecule has 5 nitrogen and oxygen atoms in total. The summed E-state index contributed by atoms with van der Waals surface area (Å²) >= 11 is 5.86. The minimum atomic E-state index is -3.71. The number of nitrogen functional groups attached to an aromatic ring is 1. The van der Waals surface area contributed by atoms with Crippen LogP contribution in [0.2, 0.25) is 5.02 Å². The second-order valence-corrected chi connectivity index (χ2v) is 6.12. The molecule has 0 bridgehead atoms. The molecule has 0 aliphatic carbocycles. The monoisotopic (exact) mass is 278 g/mol. The molecule has 96 valence electrons. The van der Waals surface area contributed by atoms with Gasteiger partial charge in [0.15, 0.2) is 0 Å². The molecule has 1 unspecified atom stereocenters. The van der Waals surface area contributed by atoms with Gasteiger partial charge in [-0.25, -0.2) is 8.42 Å². The maximum atomic E-state index is 12.2. The van der Waals surface area contributed by atoms with Gasteiger partial charge in [0.2, 0.25) is 10.0 Å². The number of benzene rings is 1. The van der Waals surface area contributed by atoms with E-state index in [1.54, 1.807) is 6.92 Å². The Morgan fingerprint density at radius 1 is 1.53 bits per heavy atom. The van der Waals surface area contributed by atoms with Crippen LogP contribution in [0.1, 0.15) is 6.92 Å². The molecule has 0 aromatic heterocycles. The summed E-state index contributed by atoms with van der Waals surface area (Å²) in [7, 11) is -2.32. The van der Waals surface area contributed by atoms with Gasteiger partial charge < -0.3 is 10.8 Å². The Labute approximate surface area is 106 Å². The molecule has 0 aliphatic rings. The number of hydrogen-bond donors (Lipinski definition) is 2. The molecule has 1 aromatic rings. The second-order valence-electron chi connectivity index (χ2n) is 3.74. The Bertz CT molecular complexity index is 504. The molecular weight excluding hydrogens is 264 g/mol. The van der Waals surface area contributed by atoms with E-state index in [9.17, 15) is 8.42 Å². The van der Waals surface area contributed by atoms with Crippen molar-refractivity contribution in [2.24, 2.45) is 0 Å². The van der Waals surface area contributed by atoms with Gasteiger partial charge in [0, 0.05) is 18.8 Å². The predicted molar refractivity (Wildman–Crippen MR) is 67.4 cm³/mol. The number of nitrogens with zero attached hydrogens (tertiary/aromatic N) is 1. The number of aliphatic hydroxyl groups excluding tert-OH is 1. The van der Waals surface area contributed by atoms with Crippen molar-refractivity contribution in [3.63, 3.8) is 0 Å². The summed E-state index contributed by atoms with van der Waals surface area (Å²) in [6.45, 7) is 1.34. The van der Waals surface area contributed by atoms with E-state index in [2.05, 4.69) is 0 Å². The molecule has 0 saturated heterocycles. The molecule has 1 rings (SSSR count). The Balaban J connectivity index is 3.22. The van der Waals surface area contributed by atoms with Gasteiger partial charge in [0.1, 0.15) is 4.90 Å². The summed E-state index contributed by atoms with van der Waals surface area (Å²) in [6.07, 6.45) is 0. The topological polar surface area (TPSA) is 83.6 Å². The van der Waals surface area contributed by atoms with Crippen molar-refractivity contribution in [2.45, 2.75) is 17.9 Å². The lowest BCUT2D eigenvalue weighted by Crippen LogP contribution is -2.37. The molecule has 17 heavy (non-hydrogen) atoms. The van der Waals surface area contributed by atoms with E-state index in [4.69, 9.17) is 22.4 Å². The van der Waals surface area contributed by atoms with Crippen molar-refractivity contribution in [2.75, 3.05) is 19.4 Å². The van der Waals surface area contributed by atoms with Crippen molar-refractivity contribution >= 4 is 27.3 Å². The third-order valence-electron chi connectivity index (χ3n) is 2.50. The quantitative estimate of drug-likeness (QED) is 0.803. The van der Waals surface area contributed by atoms with E-state index in [-0.39, 0.29) is 16.5 Å². The summed E-state index contributed by atoms with van der Waals surface area (Å²) in [5.41, 5.74) is 5.90. The molecule has 3 N–H and O–H groups in total. The van der Waals surface area contributed by atoms with Crippen molar-refractivity contribution < 1.29 is 13.5 Å². The third-order valence-corrected chi connectivity index (χ3v) is 4.95. The highest BCUT2D eigenvalue weighted by molar-refractivity contribution is 7.89. The zero-order chi connectivity index (χ0) is 13.2. The van der Waals surface area contributed by atoms with Crippen molar-refractivity contribution in [1.29, 1.82) is 0 Å². The SMILES string of the molecule is CC(CO)N(C)S(=O)(=O)c1ccc(N)cc1Cl. The lowest BCUT2D eigenvalue weighted by Gasteiger charge is -2.23. The zero-order valence-corrected chi connectivity index (χ0v) is 11.2. The Morgan fingerprint density at radius 2 is 2.12 bits per heavy atom. The minimum Gasteiger partial charge on any atom is -0.399 e. The van der Waals surface area contributed by atoms with Crippen molar-refractivity contribution in [3.05, 3.63) is 23.2 Å². The first-order chi connectivity index (χ1) is 7.80. The average Bonchev–Trinajstić information content (AvgIpc) is 2.26. The first-order valence-corrected chi connectivity index (χ1v) is 6.76. The summed E-state index contributed by atoms with van der Waals surface area (Å²) in [5, 5.41) is 9.04. The summed E-state index contributed by atoms with van der Waals surface area (Å²) < 4.78 is 25.4. The highest BCUT2D eigenvalue weighted by atomic mass is 35.5. The molecule has 1 aromatic carbocycles. The number of hydrogen-bond acceptors (Lipinski definition) is 4. The van der Waals surface area contributed by atoms with E-state index in [0.717, 1.165) is 4.31 Å². The number of anilines is 1. The second kappa shape index (κ2) is 5.22. The van der Waals surface area contributed by atoms with Crippen LogP contribution in [0.4, 0.5) is 5.69 Å². The molecule has 0 amide bonds. The molecule has 7 heteroatoms.